The van der Waals surface area contributed by atoms with E-state index in [1.54, 1.807) is 0 Å². The van der Waals surface area contributed by atoms with Crippen molar-refractivity contribution >= 4 is 0 Å². The Bertz CT molecular complexity index is 110. The highest BCUT2D eigenvalue weighted by molar-refractivity contribution is 4.84. The number of unbranched alkanes of at least 4 members (excludes halogenated alkanes) is 1. The average Bonchev–Trinajstić information content (AvgIpc) is 1.97. The quantitative estimate of drug-likeness (QED) is 0.649. The van der Waals surface area contributed by atoms with Crippen LogP contribution in [0.3, 0.4) is 0 Å². The highest BCUT2D eigenvalue weighted by Gasteiger charge is 2.22. The van der Waals surface area contributed by atoms with Crippen LogP contribution in [0, 0.1) is 0 Å². The Morgan fingerprint density at radius 1 is 1.17 bits per heavy atom. The van der Waals surface area contributed by atoms with E-state index in [1.165, 1.54) is 45.4 Å². The van der Waals surface area contributed by atoms with Crippen molar-refractivity contribution < 1.29 is 0 Å². The fourth-order valence-electron chi connectivity index (χ4n) is 1.66. The van der Waals surface area contributed by atoms with Crippen molar-refractivity contribution in [1.29, 1.82) is 0 Å². The molecule has 0 aromatic carbocycles. The van der Waals surface area contributed by atoms with Crippen LogP contribution in [-0.2, 0) is 0 Å². The monoisotopic (exact) mass is 170 g/mol. The van der Waals surface area contributed by atoms with Crippen molar-refractivity contribution in [3.8, 4) is 0 Å². The van der Waals surface area contributed by atoms with Gasteiger partial charge in [0, 0.05) is 19.1 Å². The minimum Gasteiger partial charge on any atom is -0.314 e. The first-order valence-corrected chi connectivity index (χ1v) is 5.33. The molecule has 0 aromatic rings. The van der Waals surface area contributed by atoms with Gasteiger partial charge in [-0.1, -0.05) is 20.3 Å². The second kappa shape index (κ2) is 5.55. The lowest BCUT2D eigenvalue weighted by atomic mass is 10.1. The lowest BCUT2D eigenvalue weighted by molar-refractivity contribution is 0.143. The first-order valence-electron chi connectivity index (χ1n) is 5.33. The van der Waals surface area contributed by atoms with Gasteiger partial charge in [0.15, 0.2) is 0 Å². The molecule has 0 bridgehead atoms. The molecule has 0 amide bonds. The molecular formula is C10H22N2. The van der Waals surface area contributed by atoms with Gasteiger partial charge < -0.3 is 5.32 Å². The van der Waals surface area contributed by atoms with Gasteiger partial charge in [0.05, 0.1) is 0 Å². The molecule has 0 unspecified atom stereocenters. The molecule has 0 aliphatic carbocycles. The van der Waals surface area contributed by atoms with Gasteiger partial charge in [-0.25, -0.2) is 0 Å². The molecule has 1 N–H and O–H groups in total. The number of hydrogen-bond donors (Lipinski definition) is 1. The van der Waals surface area contributed by atoms with Gasteiger partial charge in [-0.15, -0.1) is 0 Å². The van der Waals surface area contributed by atoms with Crippen LogP contribution in [0.25, 0.3) is 0 Å². The van der Waals surface area contributed by atoms with Crippen LogP contribution in [0.1, 0.15) is 33.1 Å². The van der Waals surface area contributed by atoms with E-state index < -0.39 is 0 Å². The molecule has 1 fully saturated rings. The lowest BCUT2D eigenvalue weighted by Gasteiger charge is -2.38. The molecule has 1 aliphatic heterocycles. The van der Waals surface area contributed by atoms with Crippen molar-refractivity contribution in [3.63, 3.8) is 0 Å². The third-order valence-electron chi connectivity index (χ3n) is 2.59. The van der Waals surface area contributed by atoms with Crippen molar-refractivity contribution in [2.45, 2.75) is 39.2 Å². The van der Waals surface area contributed by atoms with Crippen molar-refractivity contribution in [2.24, 2.45) is 0 Å². The molecule has 0 atom stereocenters. The SMILES string of the molecule is CCCCN(CCC)C1CNC1. The average molecular weight is 170 g/mol. The second-order valence-corrected chi connectivity index (χ2v) is 3.70. The zero-order chi connectivity index (χ0) is 8.81. The maximum absolute atomic E-state index is 3.33. The molecule has 12 heavy (non-hydrogen) atoms. The van der Waals surface area contributed by atoms with Crippen LogP contribution < -0.4 is 5.32 Å². The fraction of sp³-hybridized carbons (Fsp3) is 1.00. The van der Waals surface area contributed by atoms with E-state index in [4.69, 9.17) is 0 Å². The molecule has 1 rings (SSSR count). The third-order valence-corrected chi connectivity index (χ3v) is 2.59. The second-order valence-electron chi connectivity index (χ2n) is 3.70. The van der Waals surface area contributed by atoms with E-state index >= 15 is 0 Å². The van der Waals surface area contributed by atoms with Crippen LogP contribution in [-0.4, -0.2) is 37.1 Å². The first kappa shape index (κ1) is 10.0. The van der Waals surface area contributed by atoms with E-state index in [9.17, 15) is 0 Å². The van der Waals surface area contributed by atoms with E-state index in [1.807, 2.05) is 0 Å². The molecule has 0 saturated carbocycles. The molecule has 0 spiro atoms. The van der Waals surface area contributed by atoms with Gasteiger partial charge in [-0.3, -0.25) is 4.90 Å². The molecule has 0 radical (unpaired) electrons. The Balaban J connectivity index is 2.17. The van der Waals surface area contributed by atoms with Gasteiger partial charge >= 0.3 is 0 Å². The molecule has 2 heteroatoms. The topological polar surface area (TPSA) is 15.3 Å². The Labute approximate surface area is 76.3 Å². The van der Waals surface area contributed by atoms with Crippen LogP contribution >= 0.6 is 0 Å². The van der Waals surface area contributed by atoms with Gasteiger partial charge in [-0.2, -0.15) is 0 Å². The van der Waals surface area contributed by atoms with E-state index in [0.717, 1.165) is 6.04 Å². The highest BCUT2D eigenvalue weighted by atomic mass is 15.2. The number of hydrogen-bond acceptors (Lipinski definition) is 2. The predicted octanol–water partition coefficient (Wildman–Crippen LogP) is 1.47. The van der Waals surface area contributed by atoms with Crippen molar-refractivity contribution in [1.82, 2.24) is 10.2 Å². The van der Waals surface area contributed by atoms with Crippen LogP contribution in [0.2, 0.25) is 0 Å². The molecular weight excluding hydrogens is 148 g/mol. The van der Waals surface area contributed by atoms with E-state index in [2.05, 4.69) is 24.1 Å². The van der Waals surface area contributed by atoms with Gasteiger partial charge in [0.25, 0.3) is 0 Å². The molecule has 0 aromatic heterocycles. The number of nitrogens with zero attached hydrogens (tertiary/aromatic N) is 1. The molecule has 72 valence electrons. The molecule has 1 aliphatic rings. The third kappa shape index (κ3) is 2.76. The zero-order valence-electron chi connectivity index (χ0n) is 8.47. The summed E-state index contributed by atoms with van der Waals surface area (Å²) >= 11 is 0. The Morgan fingerprint density at radius 2 is 1.92 bits per heavy atom. The summed E-state index contributed by atoms with van der Waals surface area (Å²) < 4.78 is 0. The van der Waals surface area contributed by atoms with E-state index in [-0.39, 0.29) is 0 Å². The Morgan fingerprint density at radius 3 is 2.33 bits per heavy atom. The molecule has 1 heterocycles. The fourth-order valence-corrected chi connectivity index (χ4v) is 1.66. The summed E-state index contributed by atoms with van der Waals surface area (Å²) in [6, 6.07) is 0.844. The van der Waals surface area contributed by atoms with Crippen LogP contribution in [0.5, 0.6) is 0 Å². The summed E-state index contributed by atoms with van der Waals surface area (Å²) in [6.45, 7) is 9.55. The van der Waals surface area contributed by atoms with Crippen molar-refractivity contribution in [2.75, 3.05) is 26.2 Å². The maximum atomic E-state index is 3.33. The summed E-state index contributed by atoms with van der Waals surface area (Å²) in [5.41, 5.74) is 0. The summed E-state index contributed by atoms with van der Waals surface area (Å²) in [5.74, 6) is 0. The zero-order valence-corrected chi connectivity index (χ0v) is 8.47. The summed E-state index contributed by atoms with van der Waals surface area (Å²) in [4.78, 5) is 2.64. The minimum atomic E-state index is 0.844. The van der Waals surface area contributed by atoms with Gasteiger partial charge in [-0.05, 0) is 25.9 Å². The number of rotatable bonds is 6. The number of nitrogens with one attached hydrogen (secondary N) is 1. The summed E-state index contributed by atoms with van der Waals surface area (Å²) in [7, 11) is 0. The Hall–Kier alpha value is -0.0800. The van der Waals surface area contributed by atoms with E-state index in [0.29, 0.717) is 0 Å². The van der Waals surface area contributed by atoms with Crippen molar-refractivity contribution in [3.05, 3.63) is 0 Å². The standard InChI is InChI=1S/C10H22N2/c1-3-5-7-12(6-4-2)10-8-11-9-10/h10-11H,3-9H2,1-2H3. The smallest absolute Gasteiger partial charge is 0.0345 e. The van der Waals surface area contributed by atoms with Crippen LogP contribution in [0.4, 0.5) is 0 Å². The molecule has 2 nitrogen and oxygen atoms in total. The Kier molecular flexibility index (Phi) is 4.62. The summed E-state index contributed by atoms with van der Waals surface area (Å²) in [6.07, 6.45) is 3.97. The lowest BCUT2D eigenvalue weighted by Crippen LogP contribution is -2.57. The first-order chi connectivity index (χ1) is 5.88. The van der Waals surface area contributed by atoms with Gasteiger partial charge in [0.2, 0.25) is 0 Å². The summed E-state index contributed by atoms with van der Waals surface area (Å²) in [5, 5.41) is 3.33. The predicted molar refractivity (Wildman–Crippen MR) is 53.4 cm³/mol. The van der Waals surface area contributed by atoms with Crippen LogP contribution in [0.15, 0.2) is 0 Å². The normalized spacial score (nSPS) is 18.2. The van der Waals surface area contributed by atoms with Gasteiger partial charge in [0.1, 0.15) is 0 Å². The largest absolute Gasteiger partial charge is 0.314 e. The highest BCUT2D eigenvalue weighted by Crippen LogP contribution is 2.07. The minimum absolute atomic E-state index is 0.844. The molecule has 1 saturated heterocycles. The maximum Gasteiger partial charge on any atom is 0.0345 e.